The normalized spacial score (nSPS) is 10.3. The highest BCUT2D eigenvalue weighted by atomic mass is 35.5. The third-order valence-electron chi connectivity index (χ3n) is 3.93. The Morgan fingerprint density at radius 3 is 2.63 bits per heavy atom. The Bertz CT molecular complexity index is 977. The minimum Gasteiger partial charge on any atom is -0.345 e. The Morgan fingerprint density at radius 1 is 1.00 bits per heavy atom. The first-order valence-corrected chi connectivity index (χ1v) is 8.63. The van der Waals surface area contributed by atoms with Gasteiger partial charge in [-0.2, -0.15) is 0 Å². The molecule has 1 aromatic carbocycles. The van der Waals surface area contributed by atoms with Crippen LogP contribution in [0.2, 0.25) is 5.02 Å². The molecule has 136 valence electrons. The lowest BCUT2D eigenvalue weighted by Gasteiger charge is -2.10. The van der Waals surface area contributed by atoms with Gasteiger partial charge in [0.05, 0.1) is 12.2 Å². The molecule has 0 unspecified atom stereocenters. The SMILES string of the molecule is Cc1c(Cl)cccc1NC(=O)c1ccnc(C(=O)NCc2ccccn2)c1. The minimum absolute atomic E-state index is 0.154. The summed E-state index contributed by atoms with van der Waals surface area (Å²) in [6.45, 7) is 2.10. The average molecular weight is 381 g/mol. The quantitative estimate of drug-likeness (QED) is 0.708. The summed E-state index contributed by atoms with van der Waals surface area (Å²) in [5.41, 5.74) is 2.60. The molecule has 2 aromatic heterocycles. The van der Waals surface area contributed by atoms with Gasteiger partial charge in [0, 0.05) is 28.7 Å². The van der Waals surface area contributed by atoms with E-state index < -0.39 is 0 Å². The van der Waals surface area contributed by atoms with E-state index in [2.05, 4.69) is 20.6 Å². The first-order chi connectivity index (χ1) is 13.0. The Morgan fingerprint density at radius 2 is 1.85 bits per heavy atom. The van der Waals surface area contributed by atoms with Gasteiger partial charge >= 0.3 is 0 Å². The maximum atomic E-state index is 12.5. The van der Waals surface area contributed by atoms with Crippen molar-refractivity contribution < 1.29 is 9.59 Å². The van der Waals surface area contributed by atoms with Crippen molar-refractivity contribution in [3.05, 3.63) is 88.5 Å². The molecule has 3 aromatic rings. The highest BCUT2D eigenvalue weighted by Gasteiger charge is 2.13. The van der Waals surface area contributed by atoms with Crippen LogP contribution in [0, 0.1) is 6.92 Å². The second-order valence-corrected chi connectivity index (χ2v) is 6.21. The fraction of sp³-hybridized carbons (Fsp3) is 0.100. The molecule has 0 atom stereocenters. The number of nitrogens with one attached hydrogen (secondary N) is 2. The maximum Gasteiger partial charge on any atom is 0.270 e. The molecule has 0 spiro atoms. The highest BCUT2D eigenvalue weighted by molar-refractivity contribution is 6.31. The van der Waals surface area contributed by atoms with Crippen LogP contribution in [-0.4, -0.2) is 21.8 Å². The first kappa shape index (κ1) is 18.5. The number of carbonyl (C=O) groups excluding carboxylic acids is 2. The second-order valence-electron chi connectivity index (χ2n) is 5.80. The molecule has 0 bridgehead atoms. The van der Waals surface area contributed by atoms with Gasteiger partial charge in [-0.1, -0.05) is 23.7 Å². The van der Waals surface area contributed by atoms with Crippen molar-refractivity contribution in [3.8, 4) is 0 Å². The Hall–Kier alpha value is -3.25. The van der Waals surface area contributed by atoms with Gasteiger partial charge in [-0.25, -0.2) is 0 Å². The molecular formula is C20H17ClN4O2. The van der Waals surface area contributed by atoms with Crippen molar-refractivity contribution in [1.82, 2.24) is 15.3 Å². The number of anilines is 1. The number of rotatable bonds is 5. The van der Waals surface area contributed by atoms with Gasteiger partial charge in [-0.15, -0.1) is 0 Å². The van der Waals surface area contributed by atoms with E-state index in [1.165, 1.54) is 12.3 Å². The molecule has 0 aliphatic rings. The van der Waals surface area contributed by atoms with Crippen LogP contribution >= 0.6 is 11.6 Å². The number of benzene rings is 1. The minimum atomic E-state index is -0.380. The number of nitrogens with zero attached hydrogens (tertiary/aromatic N) is 2. The predicted molar refractivity (Wildman–Crippen MR) is 104 cm³/mol. The van der Waals surface area contributed by atoms with Crippen molar-refractivity contribution in [2.24, 2.45) is 0 Å². The zero-order valence-electron chi connectivity index (χ0n) is 14.6. The first-order valence-electron chi connectivity index (χ1n) is 8.25. The van der Waals surface area contributed by atoms with Crippen LogP contribution in [0.1, 0.15) is 32.1 Å². The number of amides is 2. The van der Waals surface area contributed by atoms with E-state index in [-0.39, 0.29) is 24.1 Å². The molecule has 6 nitrogen and oxygen atoms in total. The second kappa shape index (κ2) is 8.42. The van der Waals surface area contributed by atoms with E-state index in [0.717, 1.165) is 11.3 Å². The van der Waals surface area contributed by atoms with Crippen LogP contribution < -0.4 is 10.6 Å². The lowest BCUT2D eigenvalue weighted by Crippen LogP contribution is -2.25. The molecule has 0 aliphatic heterocycles. The van der Waals surface area contributed by atoms with Gasteiger partial charge in [0.25, 0.3) is 11.8 Å². The van der Waals surface area contributed by atoms with Crippen molar-refractivity contribution in [1.29, 1.82) is 0 Å². The van der Waals surface area contributed by atoms with Crippen LogP contribution in [0.15, 0.2) is 60.9 Å². The van der Waals surface area contributed by atoms with Gasteiger partial charge in [0.15, 0.2) is 0 Å². The van der Waals surface area contributed by atoms with E-state index in [9.17, 15) is 9.59 Å². The van der Waals surface area contributed by atoms with E-state index in [1.54, 1.807) is 36.5 Å². The zero-order chi connectivity index (χ0) is 19.2. The number of carbonyl (C=O) groups is 2. The van der Waals surface area contributed by atoms with Gasteiger partial charge in [0.1, 0.15) is 5.69 Å². The number of hydrogen-bond donors (Lipinski definition) is 2. The van der Waals surface area contributed by atoms with Crippen LogP contribution in [0.4, 0.5) is 5.69 Å². The molecule has 0 aliphatic carbocycles. The van der Waals surface area contributed by atoms with Gasteiger partial charge in [0.2, 0.25) is 0 Å². The maximum absolute atomic E-state index is 12.5. The Labute approximate surface area is 161 Å². The topological polar surface area (TPSA) is 84.0 Å². The van der Waals surface area contributed by atoms with Crippen molar-refractivity contribution >= 4 is 29.1 Å². The predicted octanol–water partition coefficient (Wildman–Crippen LogP) is 3.62. The molecule has 3 rings (SSSR count). The molecule has 2 N–H and O–H groups in total. The molecule has 0 saturated heterocycles. The summed E-state index contributed by atoms with van der Waals surface area (Å²) < 4.78 is 0. The van der Waals surface area contributed by atoms with Gasteiger partial charge in [-0.3, -0.25) is 19.6 Å². The molecule has 2 amide bonds. The molecule has 0 saturated carbocycles. The highest BCUT2D eigenvalue weighted by Crippen LogP contribution is 2.23. The molecule has 27 heavy (non-hydrogen) atoms. The summed E-state index contributed by atoms with van der Waals surface area (Å²) in [5.74, 6) is -0.726. The monoisotopic (exact) mass is 380 g/mol. The number of halogens is 1. The van der Waals surface area contributed by atoms with Gasteiger partial charge < -0.3 is 10.6 Å². The van der Waals surface area contributed by atoms with E-state index in [0.29, 0.717) is 16.3 Å². The number of aromatic nitrogens is 2. The average Bonchev–Trinajstić information content (AvgIpc) is 2.70. The van der Waals surface area contributed by atoms with Crippen LogP contribution in [0.25, 0.3) is 0 Å². The standard InChI is InChI=1S/C20H17ClN4O2/c1-13-16(21)6-4-7-17(13)25-19(26)14-8-10-23-18(11-14)20(27)24-12-15-5-2-3-9-22-15/h2-11H,12H2,1H3,(H,24,27)(H,25,26). The van der Waals surface area contributed by atoms with Crippen molar-refractivity contribution in [3.63, 3.8) is 0 Å². The number of pyridine rings is 2. The fourth-order valence-corrected chi connectivity index (χ4v) is 2.57. The summed E-state index contributed by atoms with van der Waals surface area (Å²) >= 11 is 6.08. The lowest BCUT2D eigenvalue weighted by molar-refractivity contribution is 0.0945. The van der Waals surface area contributed by atoms with Crippen LogP contribution in [0.3, 0.4) is 0 Å². The fourth-order valence-electron chi connectivity index (χ4n) is 2.40. The molecule has 0 fully saturated rings. The van der Waals surface area contributed by atoms with Crippen LogP contribution in [0.5, 0.6) is 0 Å². The summed E-state index contributed by atoms with van der Waals surface area (Å²) in [6.07, 6.45) is 3.08. The van der Waals surface area contributed by atoms with Crippen molar-refractivity contribution in [2.75, 3.05) is 5.32 Å². The summed E-state index contributed by atoms with van der Waals surface area (Å²) in [7, 11) is 0. The smallest absolute Gasteiger partial charge is 0.270 e. The summed E-state index contributed by atoms with van der Waals surface area (Å²) in [5, 5.41) is 6.10. The molecule has 2 heterocycles. The summed E-state index contributed by atoms with van der Waals surface area (Å²) in [6, 6.07) is 13.7. The Kier molecular flexibility index (Phi) is 5.78. The zero-order valence-corrected chi connectivity index (χ0v) is 15.3. The molecule has 0 radical (unpaired) electrons. The van der Waals surface area contributed by atoms with Crippen LogP contribution in [-0.2, 0) is 6.54 Å². The Balaban J connectivity index is 1.70. The lowest BCUT2D eigenvalue weighted by atomic mass is 10.1. The summed E-state index contributed by atoms with van der Waals surface area (Å²) in [4.78, 5) is 33.0. The largest absolute Gasteiger partial charge is 0.345 e. The third kappa shape index (κ3) is 4.68. The van der Waals surface area contributed by atoms with Crippen molar-refractivity contribution in [2.45, 2.75) is 13.5 Å². The third-order valence-corrected chi connectivity index (χ3v) is 4.34. The number of hydrogen-bond acceptors (Lipinski definition) is 4. The van der Waals surface area contributed by atoms with Gasteiger partial charge in [-0.05, 0) is 48.9 Å². The van der Waals surface area contributed by atoms with E-state index in [1.807, 2.05) is 19.1 Å². The van der Waals surface area contributed by atoms with E-state index in [4.69, 9.17) is 11.6 Å². The molecular weight excluding hydrogens is 364 g/mol. The molecule has 7 heteroatoms. The van der Waals surface area contributed by atoms with E-state index >= 15 is 0 Å².